The first-order chi connectivity index (χ1) is 12.5. The fourth-order valence-corrected chi connectivity index (χ4v) is 4.58. The molecule has 1 aromatic heterocycles. The molecule has 0 spiro atoms. The van der Waals surface area contributed by atoms with Crippen molar-refractivity contribution in [3.63, 3.8) is 0 Å². The molecule has 0 unspecified atom stereocenters. The molecule has 0 radical (unpaired) electrons. The number of aromatic nitrogens is 2. The zero-order valence-electron chi connectivity index (χ0n) is 14.0. The fraction of sp³-hybridized carbons (Fsp3) is 0.353. The van der Waals surface area contributed by atoms with Crippen molar-refractivity contribution in [3.05, 3.63) is 47.7 Å². The number of anilines is 1. The summed E-state index contributed by atoms with van der Waals surface area (Å²) in [5, 5.41) is 0.434. The first-order valence-electron chi connectivity index (χ1n) is 8.08. The Morgan fingerprint density at radius 1 is 1.31 bits per heavy atom. The van der Waals surface area contributed by atoms with E-state index in [9.17, 15) is 8.78 Å². The average Bonchev–Trinajstić information content (AvgIpc) is 3.02. The summed E-state index contributed by atoms with van der Waals surface area (Å²) in [7, 11) is 1.35. The lowest BCUT2D eigenvalue weighted by Gasteiger charge is -2.34. The molecule has 1 saturated heterocycles. The Morgan fingerprint density at radius 3 is 2.88 bits per heavy atom. The molecule has 9 heteroatoms. The van der Waals surface area contributed by atoms with E-state index in [0.717, 1.165) is 6.20 Å². The number of nitrogens with zero attached hydrogens (tertiary/aromatic N) is 4. The largest absolute Gasteiger partial charge is 0.479 e. The van der Waals surface area contributed by atoms with Crippen LogP contribution < -0.4 is 15.4 Å². The molecule has 0 saturated carbocycles. The summed E-state index contributed by atoms with van der Waals surface area (Å²) in [5.74, 6) is -0.0148. The SMILES string of the molecule is COc1nc(N2C[C@H]3CSC(N)=N[C@@]3(c3ccccc3F)C2)ncc1F. The molecule has 136 valence electrons. The molecule has 2 aliphatic heterocycles. The van der Waals surface area contributed by atoms with E-state index in [2.05, 4.69) is 15.0 Å². The molecule has 3 heterocycles. The number of aliphatic imine (C=N–C) groups is 1. The van der Waals surface area contributed by atoms with Crippen LogP contribution >= 0.6 is 11.8 Å². The van der Waals surface area contributed by atoms with E-state index in [4.69, 9.17) is 10.5 Å². The lowest BCUT2D eigenvalue weighted by molar-refractivity contribution is 0.366. The van der Waals surface area contributed by atoms with Gasteiger partial charge in [0, 0.05) is 23.8 Å². The minimum atomic E-state index is -0.814. The van der Waals surface area contributed by atoms with Crippen molar-refractivity contribution in [3.8, 4) is 5.88 Å². The highest BCUT2D eigenvalue weighted by Crippen LogP contribution is 2.46. The summed E-state index contributed by atoms with van der Waals surface area (Å²) in [6.07, 6.45) is 1.07. The van der Waals surface area contributed by atoms with Crippen LogP contribution in [0.3, 0.4) is 0 Å². The van der Waals surface area contributed by atoms with Crippen molar-refractivity contribution in [2.75, 3.05) is 30.9 Å². The van der Waals surface area contributed by atoms with Crippen LogP contribution in [-0.2, 0) is 5.54 Å². The highest BCUT2D eigenvalue weighted by atomic mass is 32.2. The minimum Gasteiger partial charge on any atom is -0.479 e. The maximum atomic E-state index is 14.6. The third-order valence-corrected chi connectivity index (χ3v) is 5.76. The smallest absolute Gasteiger partial charge is 0.255 e. The summed E-state index contributed by atoms with van der Waals surface area (Å²) in [5.41, 5.74) is 5.67. The first-order valence-corrected chi connectivity index (χ1v) is 9.06. The molecule has 0 aliphatic carbocycles. The van der Waals surface area contributed by atoms with Gasteiger partial charge in [0.1, 0.15) is 11.4 Å². The topological polar surface area (TPSA) is 76.6 Å². The molecule has 6 nitrogen and oxygen atoms in total. The van der Waals surface area contributed by atoms with Gasteiger partial charge in [0.05, 0.1) is 19.9 Å². The molecule has 26 heavy (non-hydrogen) atoms. The number of ether oxygens (including phenoxy) is 1. The van der Waals surface area contributed by atoms with Gasteiger partial charge in [0.25, 0.3) is 5.88 Å². The van der Waals surface area contributed by atoms with Gasteiger partial charge >= 0.3 is 0 Å². The summed E-state index contributed by atoms with van der Waals surface area (Å²) in [6, 6.07) is 6.60. The second-order valence-electron chi connectivity index (χ2n) is 6.27. The monoisotopic (exact) mass is 377 g/mol. The van der Waals surface area contributed by atoms with Crippen LogP contribution in [0.25, 0.3) is 0 Å². The molecule has 1 aromatic carbocycles. The Kier molecular flexibility index (Phi) is 4.18. The van der Waals surface area contributed by atoms with Gasteiger partial charge in [-0.2, -0.15) is 9.37 Å². The second kappa shape index (κ2) is 6.39. The van der Waals surface area contributed by atoms with Crippen molar-refractivity contribution in [1.82, 2.24) is 9.97 Å². The maximum absolute atomic E-state index is 14.6. The molecule has 0 bridgehead atoms. The lowest BCUT2D eigenvalue weighted by Crippen LogP contribution is -2.40. The van der Waals surface area contributed by atoms with E-state index in [1.54, 1.807) is 18.2 Å². The average molecular weight is 377 g/mol. The Balaban J connectivity index is 1.77. The van der Waals surface area contributed by atoms with E-state index in [0.29, 0.717) is 35.5 Å². The normalized spacial score (nSPS) is 25.0. The second-order valence-corrected chi connectivity index (χ2v) is 7.31. The summed E-state index contributed by atoms with van der Waals surface area (Å²) < 4.78 is 33.2. The Bertz CT molecular complexity index is 880. The van der Waals surface area contributed by atoms with Crippen molar-refractivity contribution in [2.45, 2.75) is 5.54 Å². The van der Waals surface area contributed by atoms with Crippen molar-refractivity contribution >= 4 is 22.9 Å². The van der Waals surface area contributed by atoms with Crippen molar-refractivity contribution in [2.24, 2.45) is 16.6 Å². The number of methoxy groups -OCH3 is 1. The summed E-state index contributed by atoms with van der Waals surface area (Å²) >= 11 is 1.45. The Hall–Kier alpha value is -2.42. The zero-order chi connectivity index (χ0) is 18.3. The number of hydrogen-bond donors (Lipinski definition) is 1. The van der Waals surface area contributed by atoms with Gasteiger partial charge in [0.15, 0.2) is 5.17 Å². The number of fused-ring (bicyclic) bond motifs is 1. The fourth-order valence-electron chi connectivity index (χ4n) is 3.60. The van der Waals surface area contributed by atoms with E-state index in [1.165, 1.54) is 24.9 Å². The van der Waals surface area contributed by atoms with Gasteiger partial charge in [-0.1, -0.05) is 30.0 Å². The highest BCUT2D eigenvalue weighted by Gasteiger charge is 2.51. The standard InChI is InChI=1S/C17H17F2N5OS/c1-25-14-13(19)6-21-16(22-14)24-7-10-8-26-15(20)23-17(10,9-24)11-4-2-3-5-12(11)18/h2-6,10H,7-9H2,1H3,(H2,20,23)/t10-,17-/m0/s1. The van der Waals surface area contributed by atoms with Crippen LogP contribution in [0.1, 0.15) is 5.56 Å². The first kappa shape index (κ1) is 17.0. The molecule has 2 aliphatic rings. The van der Waals surface area contributed by atoms with Crippen LogP contribution in [0.15, 0.2) is 35.5 Å². The number of amidine groups is 1. The van der Waals surface area contributed by atoms with Gasteiger partial charge in [-0.05, 0) is 6.07 Å². The summed E-state index contributed by atoms with van der Waals surface area (Å²) in [6.45, 7) is 0.918. The molecule has 4 rings (SSSR count). The van der Waals surface area contributed by atoms with Crippen molar-refractivity contribution < 1.29 is 13.5 Å². The van der Waals surface area contributed by atoms with Crippen LogP contribution in [0, 0.1) is 17.6 Å². The minimum absolute atomic E-state index is 0.0244. The molecular formula is C17H17F2N5OS. The predicted molar refractivity (Wildman–Crippen MR) is 96.4 cm³/mol. The van der Waals surface area contributed by atoms with Gasteiger partial charge < -0.3 is 15.4 Å². The number of halogens is 2. The van der Waals surface area contributed by atoms with E-state index < -0.39 is 11.4 Å². The summed E-state index contributed by atoms with van der Waals surface area (Å²) in [4.78, 5) is 14.7. The Labute approximate surface area is 153 Å². The number of nitrogens with two attached hydrogens (primary N) is 1. The molecule has 1 fully saturated rings. The molecule has 2 N–H and O–H groups in total. The number of hydrogen-bond acceptors (Lipinski definition) is 7. The molecule has 0 amide bonds. The zero-order valence-corrected chi connectivity index (χ0v) is 14.8. The molecular weight excluding hydrogens is 360 g/mol. The van der Waals surface area contributed by atoms with Crippen LogP contribution in [0.2, 0.25) is 0 Å². The van der Waals surface area contributed by atoms with E-state index in [-0.39, 0.29) is 17.6 Å². The van der Waals surface area contributed by atoms with Crippen molar-refractivity contribution in [1.29, 1.82) is 0 Å². The van der Waals surface area contributed by atoms with Gasteiger partial charge in [-0.25, -0.2) is 14.4 Å². The van der Waals surface area contributed by atoms with Gasteiger partial charge in [-0.3, -0.25) is 0 Å². The lowest BCUT2D eigenvalue weighted by atomic mass is 9.81. The third kappa shape index (κ3) is 2.66. The number of benzene rings is 1. The third-order valence-electron chi connectivity index (χ3n) is 4.81. The van der Waals surface area contributed by atoms with Crippen LogP contribution in [0.5, 0.6) is 5.88 Å². The van der Waals surface area contributed by atoms with Gasteiger partial charge in [0.2, 0.25) is 11.8 Å². The predicted octanol–water partition coefficient (Wildman–Crippen LogP) is 2.16. The number of thioether (sulfide) groups is 1. The van der Waals surface area contributed by atoms with Crippen LogP contribution in [0.4, 0.5) is 14.7 Å². The quantitative estimate of drug-likeness (QED) is 0.883. The van der Waals surface area contributed by atoms with Gasteiger partial charge in [-0.15, -0.1) is 0 Å². The number of rotatable bonds is 3. The Morgan fingerprint density at radius 2 is 2.12 bits per heavy atom. The van der Waals surface area contributed by atoms with E-state index >= 15 is 0 Å². The molecule has 2 atom stereocenters. The van der Waals surface area contributed by atoms with E-state index in [1.807, 2.05) is 4.90 Å². The van der Waals surface area contributed by atoms with Crippen LogP contribution in [-0.4, -0.2) is 41.1 Å². The maximum Gasteiger partial charge on any atom is 0.255 e. The highest BCUT2D eigenvalue weighted by molar-refractivity contribution is 8.13. The molecule has 2 aromatic rings.